The minimum Gasteiger partial charge on any atom is -0.372 e. The highest BCUT2D eigenvalue weighted by atomic mass is 16.5. The van der Waals surface area contributed by atoms with Gasteiger partial charge in [-0.25, -0.2) is 14.4 Å². The number of H-pyrrole nitrogens is 1. The number of barbiturate groups is 3. The molecule has 0 radical (unpaired) electrons. The third-order valence-electron chi connectivity index (χ3n) is 20.2. The van der Waals surface area contributed by atoms with Gasteiger partial charge in [-0.05, 0) is 173 Å². The Kier molecular flexibility index (Phi) is 15.9. The predicted molar refractivity (Wildman–Crippen MR) is 349 cm³/mol. The van der Waals surface area contributed by atoms with Crippen molar-refractivity contribution >= 4 is 70.6 Å². The monoisotopic (exact) mass is 1310 g/mol. The molecule has 28 heteroatoms. The topological polar surface area (TPSA) is 356 Å². The van der Waals surface area contributed by atoms with Gasteiger partial charge in [-0.2, -0.15) is 5.21 Å². The first-order valence-electron chi connectivity index (χ1n) is 32.2. The van der Waals surface area contributed by atoms with Gasteiger partial charge in [0.15, 0.2) is 16.2 Å². The first-order chi connectivity index (χ1) is 46.5. The van der Waals surface area contributed by atoms with Crippen LogP contribution in [0.2, 0.25) is 0 Å². The number of aryl methyl sites for hydroxylation is 2. The van der Waals surface area contributed by atoms with Crippen molar-refractivity contribution in [2.45, 2.75) is 129 Å². The van der Waals surface area contributed by atoms with Gasteiger partial charge in [0.25, 0.3) is 0 Å². The zero-order valence-corrected chi connectivity index (χ0v) is 54.3. The maximum absolute atomic E-state index is 13.3. The third kappa shape index (κ3) is 10.7. The molecule has 0 aliphatic carbocycles. The Bertz CT molecular complexity index is 4370. The van der Waals surface area contributed by atoms with Crippen molar-refractivity contribution in [3.63, 3.8) is 0 Å². The average Bonchev–Trinajstić information content (AvgIpc) is 1.53. The molecule has 6 fully saturated rings. The van der Waals surface area contributed by atoms with E-state index >= 15 is 0 Å². The molecule has 0 bridgehead atoms. The first-order valence-corrected chi connectivity index (χ1v) is 32.2. The number of hydrogen-bond donors (Lipinski definition) is 7. The zero-order chi connectivity index (χ0) is 68.1. The number of urea groups is 3. The SMILES string of the molecule is C[C@@H]1CN2c3ccc(-c4ccc(-c5nn[nH]n5)nc4)cc3CC3(C(=O)NC(=O)NC3=O)[C@H]2[C@H](C)O1.Cc1ccc(-c2ccc3c(c2)CC2(C(=O)NC(=O)NC2=O)[C@H]2[C@H](C)O[C@H](C)CN32)cn1.Cc1ccncc1-c1ccc2c(c1)CC1(C(=O)NC(=O)NC1=O)[C@H]1[C@H](C)O[C@H](C)CN21. The van der Waals surface area contributed by atoms with Gasteiger partial charge in [-0.1, -0.05) is 30.3 Å². The molecule has 3 spiro atoms. The molecule has 28 nitrogen and oxygen atoms in total. The number of amides is 12. The lowest BCUT2D eigenvalue weighted by Crippen LogP contribution is -2.75. The van der Waals surface area contributed by atoms with E-state index in [4.69, 9.17) is 14.2 Å². The first kappa shape index (κ1) is 63.7. The largest absolute Gasteiger partial charge is 0.372 e. The number of hydrogen-bond acceptors (Lipinski definition) is 21. The molecule has 3 aromatic carbocycles. The summed E-state index contributed by atoms with van der Waals surface area (Å²) in [5.41, 5.74) is 9.34. The smallest absolute Gasteiger partial charge is 0.328 e. The maximum atomic E-state index is 13.3. The summed E-state index contributed by atoms with van der Waals surface area (Å²) >= 11 is 0. The fourth-order valence-corrected chi connectivity index (χ4v) is 16.2. The van der Waals surface area contributed by atoms with Gasteiger partial charge in [0.2, 0.25) is 41.3 Å². The summed E-state index contributed by atoms with van der Waals surface area (Å²) in [6.07, 6.45) is 6.23. The van der Waals surface area contributed by atoms with E-state index in [0.717, 1.165) is 78.4 Å². The second-order valence-corrected chi connectivity index (χ2v) is 26.5. The minimum absolute atomic E-state index is 0.0634. The fourth-order valence-electron chi connectivity index (χ4n) is 16.2. The van der Waals surface area contributed by atoms with E-state index in [0.29, 0.717) is 31.2 Å². The summed E-state index contributed by atoms with van der Waals surface area (Å²) in [4.78, 5) is 134. The molecule has 12 amide bonds. The highest BCUT2D eigenvalue weighted by molar-refractivity contribution is 6.22. The molecule has 498 valence electrons. The quantitative estimate of drug-likeness (QED) is 0.117. The fraction of sp³-hybridized carbons (Fsp3) is 0.377. The van der Waals surface area contributed by atoms with Crippen molar-refractivity contribution in [2.24, 2.45) is 16.2 Å². The van der Waals surface area contributed by atoms with Gasteiger partial charge in [0.1, 0.15) is 5.69 Å². The Morgan fingerprint density at radius 1 is 0.443 bits per heavy atom. The molecule has 4 aromatic heterocycles. The second kappa shape index (κ2) is 24.2. The van der Waals surface area contributed by atoms with E-state index < -0.39 is 94.0 Å². The van der Waals surface area contributed by atoms with Crippen molar-refractivity contribution in [1.82, 2.24) is 67.5 Å². The van der Waals surface area contributed by atoms with Gasteiger partial charge < -0.3 is 28.9 Å². The van der Waals surface area contributed by atoms with Gasteiger partial charge in [0, 0.05) is 83.9 Å². The number of aromatic nitrogens is 7. The summed E-state index contributed by atoms with van der Waals surface area (Å²) in [7, 11) is 0. The second-order valence-electron chi connectivity index (χ2n) is 26.5. The summed E-state index contributed by atoms with van der Waals surface area (Å²) in [6, 6.07) is 23.8. The number of tetrazole rings is 1. The molecular formula is C69H70N16O12. The van der Waals surface area contributed by atoms with Crippen LogP contribution in [0.4, 0.5) is 31.4 Å². The lowest BCUT2D eigenvalue weighted by atomic mass is 9.66. The van der Waals surface area contributed by atoms with Gasteiger partial charge >= 0.3 is 18.1 Å². The predicted octanol–water partition coefficient (Wildman–Crippen LogP) is 4.71. The number of nitrogens with one attached hydrogen (secondary N) is 7. The van der Waals surface area contributed by atoms with E-state index in [1.165, 1.54) is 0 Å². The number of imide groups is 6. The van der Waals surface area contributed by atoms with Crippen molar-refractivity contribution in [3.05, 3.63) is 138 Å². The molecule has 6 saturated heterocycles. The molecule has 9 aliphatic heterocycles. The number of ether oxygens (including phenoxy) is 3. The number of carbonyl (C=O) groups excluding carboxylic acids is 9. The van der Waals surface area contributed by atoms with Crippen molar-refractivity contribution < 1.29 is 57.4 Å². The number of carbonyl (C=O) groups is 9. The van der Waals surface area contributed by atoms with E-state index in [2.05, 4.69) is 82.2 Å². The Labute approximate surface area is 555 Å². The van der Waals surface area contributed by atoms with Crippen LogP contribution in [0.25, 0.3) is 44.9 Å². The minimum atomic E-state index is -1.50. The van der Waals surface area contributed by atoms with E-state index in [-0.39, 0.29) is 49.8 Å². The zero-order valence-electron chi connectivity index (χ0n) is 54.3. The molecule has 97 heavy (non-hydrogen) atoms. The summed E-state index contributed by atoms with van der Waals surface area (Å²) in [6.45, 7) is 17.1. The van der Waals surface area contributed by atoms with Crippen LogP contribution in [0, 0.1) is 30.1 Å². The third-order valence-corrected chi connectivity index (χ3v) is 20.2. The number of anilines is 3. The molecule has 16 rings (SSSR count). The van der Waals surface area contributed by atoms with Crippen molar-refractivity contribution in [3.8, 4) is 44.9 Å². The lowest BCUT2D eigenvalue weighted by Gasteiger charge is -2.55. The van der Waals surface area contributed by atoms with E-state index in [1.807, 2.05) is 147 Å². The molecule has 13 heterocycles. The van der Waals surface area contributed by atoms with E-state index in [9.17, 15) is 43.2 Å². The lowest BCUT2D eigenvalue weighted by molar-refractivity contribution is -0.154. The van der Waals surface area contributed by atoms with Crippen LogP contribution in [0.1, 0.15) is 69.5 Å². The van der Waals surface area contributed by atoms with Crippen LogP contribution in [0.3, 0.4) is 0 Å². The Morgan fingerprint density at radius 3 is 1.19 bits per heavy atom. The molecule has 9 atom stereocenters. The summed E-state index contributed by atoms with van der Waals surface area (Å²) in [5, 5.41) is 27.7. The summed E-state index contributed by atoms with van der Waals surface area (Å²) in [5.74, 6) is -3.11. The molecule has 9 aliphatic rings. The highest BCUT2D eigenvalue weighted by Crippen LogP contribution is 2.51. The number of aromatic amines is 1. The Balaban J connectivity index is 0.000000125. The highest BCUT2D eigenvalue weighted by Gasteiger charge is 2.66. The van der Waals surface area contributed by atoms with Crippen LogP contribution in [-0.2, 0) is 62.2 Å². The standard InChI is InChI=1S/C23H22N8O4.2C23H24N4O4/c1-11-10-31-17-6-4-13(14-3-5-16(24-9-14)19-27-29-30-28-19)7-15(17)8-23(18(31)12(2)35-11)20(32)25-22(34)26-21(23)33;1-12-6-7-24-10-17(12)15-4-5-18-16(8-15)9-23(20(28)25-22(30)26-21(23)29)19-14(3)31-13(2)11-27(18)19;1-12-4-5-16(10-24-12)15-6-7-18-17(8-15)9-23(20(28)25-22(30)26-21(23)29)19-14(3)31-13(2)11-27(18)19/h3-7,9,11-12,18H,8,10H2,1-2H3,(H,27,28,29,30)(H2,25,26,32,33,34);2*4-8,10,13-14,19H,9,11H2,1-3H3,(H2,25,26,28,29,30)/t11-,12+,18-;2*13-,14+,19-/m111/s1. The van der Waals surface area contributed by atoms with E-state index in [1.54, 1.807) is 18.5 Å². The number of pyridine rings is 3. The number of morpholine rings is 3. The molecule has 0 unspecified atom stereocenters. The Hall–Kier alpha value is -10.7. The number of rotatable bonds is 4. The van der Waals surface area contributed by atoms with Crippen LogP contribution < -0.4 is 46.6 Å². The van der Waals surface area contributed by atoms with Crippen LogP contribution in [0.5, 0.6) is 0 Å². The van der Waals surface area contributed by atoms with Crippen molar-refractivity contribution in [2.75, 3.05) is 34.3 Å². The molecule has 7 N–H and O–H groups in total. The van der Waals surface area contributed by atoms with Gasteiger partial charge in [0.05, 0.1) is 54.7 Å². The number of fused-ring (bicyclic) bond motifs is 12. The summed E-state index contributed by atoms with van der Waals surface area (Å²) < 4.78 is 18.1. The average molecular weight is 1320 g/mol. The van der Waals surface area contributed by atoms with Crippen LogP contribution in [0.15, 0.2) is 110 Å². The molecule has 0 saturated carbocycles. The number of benzene rings is 3. The molecular weight excluding hydrogens is 1240 g/mol. The van der Waals surface area contributed by atoms with Crippen LogP contribution in [-0.4, -0.2) is 163 Å². The number of nitrogens with zero attached hydrogens (tertiary/aromatic N) is 9. The van der Waals surface area contributed by atoms with Crippen LogP contribution >= 0.6 is 0 Å². The van der Waals surface area contributed by atoms with Gasteiger partial charge in [-0.3, -0.25) is 75.6 Å². The normalized spacial score (nSPS) is 26.1. The van der Waals surface area contributed by atoms with Gasteiger partial charge in [-0.15, -0.1) is 10.2 Å². The molecule has 7 aromatic rings. The van der Waals surface area contributed by atoms with Crippen molar-refractivity contribution in [1.29, 1.82) is 0 Å². The maximum Gasteiger partial charge on any atom is 0.328 e. The Morgan fingerprint density at radius 2 is 0.825 bits per heavy atom.